The first-order valence-corrected chi connectivity index (χ1v) is 9.22. The van der Waals surface area contributed by atoms with Crippen LogP contribution in [0.2, 0.25) is 0 Å². The lowest BCUT2D eigenvalue weighted by Crippen LogP contribution is -2.51. The molecular formula is C14H21BrN2O3S. The molecule has 0 aliphatic carbocycles. The van der Waals surface area contributed by atoms with Gasteiger partial charge in [-0.1, -0.05) is 6.42 Å². The first kappa shape index (κ1) is 16.7. The average molecular weight is 377 g/mol. The number of hydrogen-bond donors (Lipinski definition) is 1. The fourth-order valence-corrected chi connectivity index (χ4v) is 5.49. The van der Waals surface area contributed by atoms with Crippen molar-refractivity contribution in [2.75, 3.05) is 13.7 Å². The molecule has 1 aromatic rings. The molecule has 2 unspecified atom stereocenters. The molecule has 0 aromatic heterocycles. The molecule has 1 saturated heterocycles. The SMILES string of the molecule is COc1ccc(S(=O)(=O)N2CCCCC2C(C)N)c(Br)c1. The standard InChI is InChI=1S/C14H21BrN2O3S/c1-10(16)13-5-3-4-8-17(13)21(18,19)14-7-6-11(20-2)9-12(14)15/h6-7,9-10,13H,3-5,8,16H2,1-2H3. The summed E-state index contributed by atoms with van der Waals surface area (Å²) in [5.74, 6) is 0.614. The highest BCUT2D eigenvalue weighted by molar-refractivity contribution is 9.10. The quantitative estimate of drug-likeness (QED) is 0.874. The zero-order valence-corrected chi connectivity index (χ0v) is 14.7. The predicted molar refractivity (Wildman–Crippen MR) is 85.9 cm³/mol. The summed E-state index contributed by atoms with van der Waals surface area (Å²) in [6.07, 6.45) is 2.70. The van der Waals surface area contributed by atoms with Gasteiger partial charge in [0.25, 0.3) is 0 Å². The van der Waals surface area contributed by atoms with Crippen LogP contribution in [0.1, 0.15) is 26.2 Å². The Morgan fingerprint density at radius 1 is 1.43 bits per heavy atom. The number of hydrogen-bond acceptors (Lipinski definition) is 4. The first-order chi connectivity index (χ1) is 9.87. The molecule has 0 saturated carbocycles. The zero-order valence-electron chi connectivity index (χ0n) is 12.3. The molecule has 0 bridgehead atoms. The molecule has 0 spiro atoms. The lowest BCUT2D eigenvalue weighted by atomic mass is 10.00. The van der Waals surface area contributed by atoms with E-state index in [1.807, 2.05) is 6.92 Å². The van der Waals surface area contributed by atoms with Crippen molar-refractivity contribution in [2.24, 2.45) is 5.73 Å². The van der Waals surface area contributed by atoms with Crippen molar-refractivity contribution in [3.63, 3.8) is 0 Å². The average Bonchev–Trinajstić information content (AvgIpc) is 2.46. The number of piperidine rings is 1. The number of halogens is 1. The van der Waals surface area contributed by atoms with Gasteiger partial charge in [-0.3, -0.25) is 0 Å². The van der Waals surface area contributed by atoms with Gasteiger partial charge in [0, 0.05) is 23.1 Å². The number of methoxy groups -OCH3 is 1. The Morgan fingerprint density at radius 2 is 2.14 bits per heavy atom. The van der Waals surface area contributed by atoms with Gasteiger partial charge < -0.3 is 10.5 Å². The van der Waals surface area contributed by atoms with E-state index in [0.717, 1.165) is 19.3 Å². The molecular weight excluding hydrogens is 356 g/mol. The molecule has 1 aromatic carbocycles. The maximum Gasteiger partial charge on any atom is 0.244 e. The van der Waals surface area contributed by atoms with E-state index in [2.05, 4.69) is 15.9 Å². The molecule has 1 aliphatic heterocycles. The molecule has 2 N–H and O–H groups in total. The van der Waals surface area contributed by atoms with Crippen molar-refractivity contribution in [3.05, 3.63) is 22.7 Å². The molecule has 2 atom stereocenters. The Bertz CT molecular complexity index is 604. The number of ether oxygens (including phenoxy) is 1. The van der Waals surface area contributed by atoms with Crippen LogP contribution in [-0.4, -0.2) is 38.5 Å². The second kappa shape index (κ2) is 6.64. The van der Waals surface area contributed by atoms with Crippen LogP contribution in [0.5, 0.6) is 5.75 Å². The highest BCUT2D eigenvalue weighted by atomic mass is 79.9. The summed E-state index contributed by atoms with van der Waals surface area (Å²) in [7, 11) is -2.01. The van der Waals surface area contributed by atoms with Gasteiger partial charge in [-0.05, 0) is 53.9 Å². The Balaban J connectivity index is 2.40. The van der Waals surface area contributed by atoms with Gasteiger partial charge in [0.15, 0.2) is 0 Å². The van der Waals surface area contributed by atoms with Gasteiger partial charge in [0.05, 0.1) is 12.0 Å². The molecule has 1 aliphatic rings. The van der Waals surface area contributed by atoms with E-state index in [0.29, 0.717) is 16.8 Å². The predicted octanol–water partition coefficient (Wildman–Crippen LogP) is 2.35. The third-order valence-electron chi connectivity index (χ3n) is 3.83. The monoisotopic (exact) mass is 376 g/mol. The third-order valence-corrected chi connectivity index (χ3v) is 6.73. The largest absolute Gasteiger partial charge is 0.497 e. The van der Waals surface area contributed by atoms with Crippen molar-refractivity contribution in [2.45, 2.75) is 43.2 Å². The summed E-state index contributed by atoms with van der Waals surface area (Å²) in [6.45, 7) is 2.38. The Morgan fingerprint density at radius 3 is 2.71 bits per heavy atom. The van der Waals surface area contributed by atoms with Crippen LogP contribution < -0.4 is 10.5 Å². The molecule has 0 radical (unpaired) electrons. The number of benzene rings is 1. The minimum absolute atomic E-state index is 0.141. The Hall–Kier alpha value is -0.630. The summed E-state index contributed by atoms with van der Waals surface area (Å²) in [5, 5.41) is 0. The first-order valence-electron chi connectivity index (χ1n) is 6.99. The molecule has 118 valence electrons. The number of sulfonamides is 1. The van der Waals surface area contributed by atoms with E-state index in [1.54, 1.807) is 29.6 Å². The smallest absolute Gasteiger partial charge is 0.244 e. The van der Waals surface area contributed by atoms with Gasteiger partial charge >= 0.3 is 0 Å². The summed E-state index contributed by atoms with van der Waals surface area (Å²) in [6, 6.07) is 4.57. The molecule has 0 amide bonds. The van der Waals surface area contributed by atoms with Gasteiger partial charge in [0.2, 0.25) is 10.0 Å². The summed E-state index contributed by atoms with van der Waals surface area (Å²) in [4.78, 5) is 0.260. The van der Waals surface area contributed by atoms with Crippen molar-refractivity contribution in [1.29, 1.82) is 0 Å². The van der Waals surface area contributed by atoms with Gasteiger partial charge in [0.1, 0.15) is 5.75 Å². The topological polar surface area (TPSA) is 72.6 Å². The molecule has 7 heteroatoms. The van der Waals surface area contributed by atoms with Crippen molar-refractivity contribution < 1.29 is 13.2 Å². The fourth-order valence-electron chi connectivity index (χ4n) is 2.70. The van der Waals surface area contributed by atoms with Crippen LogP contribution in [0.4, 0.5) is 0 Å². The van der Waals surface area contributed by atoms with E-state index in [4.69, 9.17) is 10.5 Å². The van der Waals surface area contributed by atoms with E-state index < -0.39 is 10.0 Å². The molecule has 1 fully saturated rings. The van der Waals surface area contributed by atoms with Crippen molar-refractivity contribution in [3.8, 4) is 5.75 Å². The highest BCUT2D eigenvalue weighted by Crippen LogP contribution is 2.32. The number of nitrogens with zero attached hydrogens (tertiary/aromatic N) is 1. The van der Waals surface area contributed by atoms with Crippen LogP contribution in [0.3, 0.4) is 0 Å². The minimum Gasteiger partial charge on any atom is -0.497 e. The normalized spacial score (nSPS) is 22.0. The Kier molecular flexibility index (Phi) is 5.29. The molecule has 2 rings (SSSR count). The number of rotatable bonds is 4. The van der Waals surface area contributed by atoms with E-state index in [1.165, 1.54) is 0 Å². The van der Waals surface area contributed by atoms with Gasteiger partial charge in [-0.15, -0.1) is 0 Å². The third kappa shape index (κ3) is 3.41. The number of nitrogens with two attached hydrogens (primary N) is 1. The van der Waals surface area contributed by atoms with Gasteiger partial charge in [-0.2, -0.15) is 4.31 Å². The van der Waals surface area contributed by atoms with E-state index >= 15 is 0 Å². The van der Waals surface area contributed by atoms with Crippen molar-refractivity contribution in [1.82, 2.24) is 4.31 Å². The summed E-state index contributed by atoms with van der Waals surface area (Å²) in [5.41, 5.74) is 5.98. The van der Waals surface area contributed by atoms with E-state index in [9.17, 15) is 8.42 Å². The fraction of sp³-hybridized carbons (Fsp3) is 0.571. The Labute approximate surface area is 134 Å². The lowest BCUT2D eigenvalue weighted by molar-refractivity contribution is 0.227. The van der Waals surface area contributed by atoms with Crippen LogP contribution >= 0.6 is 15.9 Å². The van der Waals surface area contributed by atoms with Crippen LogP contribution in [0, 0.1) is 0 Å². The summed E-state index contributed by atoms with van der Waals surface area (Å²) >= 11 is 3.33. The van der Waals surface area contributed by atoms with Gasteiger partial charge in [-0.25, -0.2) is 8.42 Å². The van der Waals surface area contributed by atoms with Crippen LogP contribution in [0.15, 0.2) is 27.6 Å². The second-order valence-corrected chi connectivity index (χ2v) is 8.05. The maximum absolute atomic E-state index is 12.9. The van der Waals surface area contributed by atoms with Crippen LogP contribution in [-0.2, 0) is 10.0 Å². The maximum atomic E-state index is 12.9. The van der Waals surface area contributed by atoms with E-state index in [-0.39, 0.29) is 17.0 Å². The summed E-state index contributed by atoms with van der Waals surface area (Å²) < 4.78 is 33.0. The van der Waals surface area contributed by atoms with Crippen molar-refractivity contribution >= 4 is 26.0 Å². The van der Waals surface area contributed by atoms with Crippen LogP contribution in [0.25, 0.3) is 0 Å². The molecule has 21 heavy (non-hydrogen) atoms. The highest BCUT2D eigenvalue weighted by Gasteiger charge is 2.36. The zero-order chi connectivity index (χ0) is 15.6. The lowest BCUT2D eigenvalue weighted by Gasteiger charge is -2.37. The minimum atomic E-state index is -3.56. The molecule has 5 nitrogen and oxygen atoms in total. The molecule has 1 heterocycles. The second-order valence-electron chi connectivity index (χ2n) is 5.33.